The molecule has 0 bridgehead atoms. The molecule has 1 aliphatic rings. The summed E-state index contributed by atoms with van der Waals surface area (Å²) in [7, 11) is 0. The van der Waals surface area contributed by atoms with Gasteiger partial charge in [0, 0.05) is 19.8 Å². The van der Waals surface area contributed by atoms with Crippen molar-refractivity contribution in [1.29, 1.82) is 0 Å². The number of nitrogens with one attached hydrogen (secondary N) is 2. The second-order valence-electron chi connectivity index (χ2n) is 5.65. The van der Waals surface area contributed by atoms with E-state index in [9.17, 15) is 19.5 Å². The predicted octanol–water partition coefficient (Wildman–Crippen LogP) is -0.323. The predicted molar refractivity (Wildman–Crippen MR) is 74.5 cm³/mol. The van der Waals surface area contributed by atoms with Crippen LogP contribution in [0.4, 0.5) is 4.79 Å². The van der Waals surface area contributed by atoms with Crippen LogP contribution in [-0.2, 0) is 14.3 Å². The van der Waals surface area contributed by atoms with Gasteiger partial charge in [-0.1, -0.05) is 13.8 Å². The summed E-state index contributed by atoms with van der Waals surface area (Å²) in [6, 6.07) is -1.39. The zero-order valence-electron chi connectivity index (χ0n) is 12.3. The smallest absolute Gasteiger partial charge is 0.315 e. The van der Waals surface area contributed by atoms with E-state index in [1.807, 2.05) is 0 Å². The fourth-order valence-electron chi connectivity index (χ4n) is 2.24. The van der Waals surface area contributed by atoms with Crippen LogP contribution in [0.15, 0.2) is 0 Å². The number of primary amides is 1. The lowest BCUT2D eigenvalue weighted by Gasteiger charge is -2.33. The molecular weight excluding hydrogens is 278 g/mol. The number of ether oxygens (including phenoxy) is 1. The van der Waals surface area contributed by atoms with Crippen molar-refractivity contribution in [2.45, 2.75) is 32.7 Å². The minimum Gasteiger partial charge on any atom is -0.481 e. The maximum atomic E-state index is 11.8. The first kappa shape index (κ1) is 17.2. The third-order valence-corrected chi connectivity index (χ3v) is 3.75. The number of carbonyl (C=O) groups excluding carboxylic acids is 2. The minimum atomic E-state index is -1.02. The van der Waals surface area contributed by atoms with Gasteiger partial charge in [0.2, 0.25) is 5.91 Å². The number of hydrogen-bond donors (Lipinski definition) is 4. The van der Waals surface area contributed by atoms with E-state index in [2.05, 4.69) is 10.6 Å². The summed E-state index contributed by atoms with van der Waals surface area (Å²) in [5.74, 6) is -1.73. The van der Waals surface area contributed by atoms with E-state index in [0.29, 0.717) is 26.1 Å². The Morgan fingerprint density at radius 3 is 2.29 bits per heavy atom. The molecule has 1 saturated heterocycles. The Balaban J connectivity index is 2.58. The first-order chi connectivity index (χ1) is 9.78. The quantitative estimate of drug-likeness (QED) is 0.534. The molecule has 0 aromatic carbocycles. The molecule has 1 rings (SSSR count). The van der Waals surface area contributed by atoms with Gasteiger partial charge in [-0.15, -0.1) is 0 Å². The van der Waals surface area contributed by atoms with E-state index in [4.69, 9.17) is 10.5 Å². The molecule has 0 aliphatic carbocycles. The van der Waals surface area contributed by atoms with E-state index < -0.39 is 29.4 Å². The minimum absolute atomic E-state index is 0.0128. The first-order valence-electron chi connectivity index (χ1n) is 6.93. The van der Waals surface area contributed by atoms with E-state index in [0.717, 1.165) is 0 Å². The van der Waals surface area contributed by atoms with Gasteiger partial charge in [0.1, 0.15) is 6.04 Å². The van der Waals surface area contributed by atoms with Crippen LogP contribution >= 0.6 is 0 Å². The van der Waals surface area contributed by atoms with Crippen LogP contribution in [0.2, 0.25) is 0 Å². The molecule has 3 amide bonds. The Labute approximate surface area is 123 Å². The van der Waals surface area contributed by atoms with Gasteiger partial charge in [-0.2, -0.15) is 0 Å². The van der Waals surface area contributed by atoms with E-state index >= 15 is 0 Å². The van der Waals surface area contributed by atoms with Gasteiger partial charge in [-0.25, -0.2) is 4.79 Å². The maximum absolute atomic E-state index is 11.8. The van der Waals surface area contributed by atoms with E-state index in [1.165, 1.54) is 0 Å². The average molecular weight is 301 g/mol. The number of amides is 3. The van der Waals surface area contributed by atoms with Crippen molar-refractivity contribution in [1.82, 2.24) is 10.6 Å². The van der Waals surface area contributed by atoms with Gasteiger partial charge < -0.3 is 26.2 Å². The van der Waals surface area contributed by atoms with Crippen molar-refractivity contribution in [3.05, 3.63) is 0 Å². The largest absolute Gasteiger partial charge is 0.481 e. The molecule has 120 valence electrons. The molecule has 5 N–H and O–H groups in total. The van der Waals surface area contributed by atoms with Crippen molar-refractivity contribution in [2.24, 2.45) is 17.1 Å². The van der Waals surface area contributed by atoms with Crippen molar-refractivity contribution in [3.63, 3.8) is 0 Å². The molecule has 8 heteroatoms. The second kappa shape index (κ2) is 7.26. The highest BCUT2D eigenvalue weighted by Crippen LogP contribution is 2.30. The van der Waals surface area contributed by atoms with Gasteiger partial charge in [0.05, 0.1) is 5.41 Å². The van der Waals surface area contributed by atoms with E-state index in [1.54, 1.807) is 13.8 Å². The lowest BCUT2D eigenvalue weighted by molar-refractivity contribution is -0.154. The molecule has 21 heavy (non-hydrogen) atoms. The Bertz CT molecular complexity index is 405. The fourth-order valence-corrected chi connectivity index (χ4v) is 2.24. The van der Waals surface area contributed by atoms with Gasteiger partial charge in [-0.3, -0.25) is 9.59 Å². The summed E-state index contributed by atoms with van der Waals surface area (Å²) in [6.45, 7) is 4.21. The standard InChI is InChI=1S/C13H23N3O5/c1-8(2)9(10(14)17)16-12(20)15-7-13(11(18)19)3-5-21-6-4-13/h8-9H,3-7H2,1-2H3,(H2,14,17)(H,18,19)(H2,15,16,20). The topological polar surface area (TPSA) is 131 Å². The van der Waals surface area contributed by atoms with Gasteiger partial charge >= 0.3 is 12.0 Å². The normalized spacial score (nSPS) is 18.8. The van der Waals surface area contributed by atoms with Crippen LogP contribution in [0, 0.1) is 11.3 Å². The lowest BCUT2D eigenvalue weighted by Crippen LogP contribution is -2.54. The van der Waals surface area contributed by atoms with Crippen molar-refractivity contribution in [2.75, 3.05) is 19.8 Å². The molecule has 1 atom stereocenters. The molecule has 0 aromatic rings. The molecule has 0 radical (unpaired) electrons. The summed E-state index contributed by atoms with van der Waals surface area (Å²) in [4.78, 5) is 34.5. The number of carboxylic acid groups (broad SMARTS) is 1. The van der Waals surface area contributed by atoms with Gasteiger partial charge in [-0.05, 0) is 18.8 Å². The Hall–Kier alpha value is -1.83. The number of carboxylic acids is 1. The highest BCUT2D eigenvalue weighted by atomic mass is 16.5. The Morgan fingerprint density at radius 2 is 1.86 bits per heavy atom. The average Bonchev–Trinajstić information content (AvgIpc) is 2.42. The number of rotatable bonds is 6. The molecule has 0 spiro atoms. The van der Waals surface area contributed by atoms with E-state index in [-0.39, 0.29) is 12.5 Å². The first-order valence-corrected chi connectivity index (χ1v) is 6.93. The van der Waals surface area contributed by atoms with Crippen LogP contribution in [0.25, 0.3) is 0 Å². The third kappa shape index (κ3) is 4.59. The summed E-state index contributed by atoms with van der Waals surface area (Å²) < 4.78 is 5.16. The van der Waals surface area contributed by atoms with Crippen LogP contribution in [-0.4, -0.2) is 48.8 Å². The van der Waals surface area contributed by atoms with Crippen molar-refractivity contribution >= 4 is 17.9 Å². The number of carbonyl (C=O) groups is 3. The third-order valence-electron chi connectivity index (χ3n) is 3.75. The lowest BCUT2D eigenvalue weighted by atomic mass is 9.80. The SMILES string of the molecule is CC(C)C(NC(=O)NCC1(C(=O)O)CCOCC1)C(N)=O. The fraction of sp³-hybridized carbons (Fsp3) is 0.769. The highest BCUT2D eigenvalue weighted by molar-refractivity contribution is 5.86. The monoisotopic (exact) mass is 301 g/mol. The zero-order valence-corrected chi connectivity index (χ0v) is 12.3. The molecular formula is C13H23N3O5. The number of aliphatic carboxylic acids is 1. The summed E-state index contributed by atoms with van der Waals surface area (Å²) in [5.41, 5.74) is 4.19. The molecule has 1 aliphatic heterocycles. The van der Waals surface area contributed by atoms with Crippen LogP contribution < -0.4 is 16.4 Å². The number of hydrogen-bond acceptors (Lipinski definition) is 4. The summed E-state index contributed by atoms with van der Waals surface area (Å²) in [6.07, 6.45) is 0.679. The molecule has 8 nitrogen and oxygen atoms in total. The Kier molecular flexibility index (Phi) is 5.95. The summed E-state index contributed by atoms with van der Waals surface area (Å²) >= 11 is 0. The van der Waals surface area contributed by atoms with Gasteiger partial charge in [0.15, 0.2) is 0 Å². The van der Waals surface area contributed by atoms with Crippen LogP contribution in [0.1, 0.15) is 26.7 Å². The molecule has 0 aromatic heterocycles. The van der Waals surface area contributed by atoms with Gasteiger partial charge in [0.25, 0.3) is 0 Å². The second-order valence-corrected chi connectivity index (χ2v) is 5.65. The highest BCUT2D eigenvalue weighted by Gasteiger charge is 2.40. The van der Waals surface area contributed by atoms with Crippen molar-refractivity contribution < 1.29 is 24.2 Å². The molecule has 1 fully saturated rings. The summed E-state index contributed by atoms with van der Waals surface area (Å²) in [5, 5.41) is 14.3. The number of urea groups is 1. The molecule has 1 heterocycles. The maximum Gasteiger partial charge on any atom is 0.315 e. The number of nitrogens with two attached hydrogens (primary N) is 1. The van der Waals surface area contributed by atoms with Crippen LogP contribution in [0.3, 0.4) is 0 Å². The van der Waals surface area contributed by atoms with Crippen LogP contribution in [0.5, 0.6) is 0 Å². The Morgan fingerprint density at radius 1 is 1.29 bits per heavy atom. The van der Waals surface area contributed by atoms with Crippen molar-refractivity contribution in [3.8, 4) is 0 Å². The zero-order chi connectivity index (χ0) is 16.0. The molecule has 1 unspecified atom stereocenters. The molecule has 0 saturated carbocycles.